The zero-order valence-corrected chi connectivity index (χ0v) is 15.1. The standard InChI is InChI=1S/C21H32O2/c1-20-10-6-8-16(20)14-13-15(19(22)23-3)17-7-4-5-11-21(17,2)18(14)9-12-20/h14,16,18H,4-13H2,1-3H3/t14-,16-,18-,20-,21-/m0/s1. The van der Waals surface area contributed by atoms with Crippen LogP contribution in [0.3, 0.4) is 0 Å². The van der Waals surface area contributed by atoms with Crippen LogP contribution in [0, 0.1) is 28.6 Å². The van der Waals surface area contributed by atoms with E-state index in [0.29, 0.717) is 5.41 Å². The largest absolute Gasteiger partial charge is 0.466 e. The Labute approximate surface area is 141 Å². The molecule has 0 saturated heterocycles. The second-order valence-electron chi connectivity index (χ2n) is 9.24. The van der Waals surface area contributed by atoms with Crippen molar-refractivity contribution < 1.29 is 9.53 Å². The Hall–Kier alpha value is -0.790. The topological polar surface area (TPSA) is 26.3 Å². The van der Waals surface area contributed by atoms with Crippen LogP contribution in [0.4, 0.5) is 0 Å². The summed E-state index contributed by atoms with van der Waals surface area (Å²) in [6.07, 6.45) is 13.0. The summed E-state index contributed by atoms with van der Waals surface area (Å²) >= 11 is 0. The molecule has 0 unspecified atom stereocenters. The molecule has 128 valence electrons. The maximum absolute atomic E-state index is 12.5. The van der Waals surface area contributed by atoms with Gasteiger partial charge in [-0.2, -0.15) is 0 Å². The first-order valence-electron chi connectivity index (χ1n) is 9.80. The van der Waals surface area contributed by atoms with Crippen LogP contribution in [0.1, 0.15) is 78.1 Å². The van der Waals surface area contributed by atoms with E-state index in [1.54, 1.807) is 7.11 Å². The second kappa shape index (κ2) is 5.36. The van der Waals surface area contributed by atoms with Gasteiger partial charge >= 0.3 is 5.97 Å². The summed E-state index contributed by atoms with van der Waals surface area (Å²) in [5, 5.41) is 0. The van der Waals surface area contributed by atoms with Crippen molar-refractivity contribution in [1.82, 2.24) is 0 Å². The van der Waals surface area contributed by atoms with E-state index in [9.17, 15) is 4.79 Å². The van der Waals surface area contributed by atoms with Gasteiger partial charge < -0.3 is 4.74 Å². The molecule has 0 radical (unpaired) electrons. The van der Waals surface area contributed by atoms with Crippen LogP contribution < -0.4 is 0 Å². The fourth-order valence-electron chi connectivity index (χ4n) is 7.18. The van der Waals surface area contributed by atoms with Gasteiger partial charge in [-0.15, -0.1) is 0 Å². The Morgan fingerprint density at radius 3 is 2.65 bits per heavy atom. The molecule has 3 fully saturated rings. The third kappa shape index (κ3) is 2.16. The predicted molar refractivity (Wildman–Crippen MR) is 91.9 cm³/mol. The first-order valence-corrected chi connectivity index (χ1v) is 9.80. The molecule has 2 nitrogen and oxygen atoms in total. The molecule has 0 aromatic rings. The van der Waals surface area contributed by atoms with Crippen LogP contribution in [-0.4, -0.2) is 13.1 Å². The number of carbonyl (C=O) groups is 1. The average molecular weight is 316 g/mol. The summed E-state index contributed by atoms with van der Waals surface area (Å²) in [5.74, 6) is 2.33. The lowest BCUT2D eigenvalue weighted by atomic mass is 9.47. The maximum Gasteiger partial charge on any atom is 0.333 e. The number of carbonyl (C=O) groups excluding carboxylic acids is 1. The molecule has 0 heterocycles. The summed E-state index contributed by atoms with van der Waals surface area (Å²) in [7, 11) is 1.56. The fraction of sp³-hybridized carbons (Fsp3) is 0.857. The lowest BCUT2D eigenvalue weighted by molar-refractivity contribution is -0.137. The molecule has 2 heteroatoms. The highest BCUT2D eigenvalue weighted by Crippen LogP contribution is 2.65. The molecule has 0 aromatic heterocycles. The van der Waals surface area contributed by atoms with Crippen molar-refractivity contribution in [2.75, 3.05) is 7.11 Å². The van der Waals surface area contributed by atoms with Crippen molar-refractivity contribution >= 4 is 5.97 Å². The molecule has 5 atom stereocenters. The number of rotatable bonds is 1. The van der Waals surface area contributed by atoms with Gasteiger partial charge in [0.05, 0.1) is 7.11 Å². The molecule has 0 aromatic carbocycles. The molecule has 23 heavy (non-hydrogen) atoms. The summed E-state index contributed by atoms with van der Waals surface area (Å²) in [6.45, 7) is 5.01. The number of fused-ring (bicyclic) bond motifs is 5. The van der Waals surface area contributed by atoms with Gasteiger partial charge in [0.2, 0.25) is 0 Å². The normalized spacial score (nSPS) is 46.0. The van der Waals surface area contributed by atoms with Crippen LogP contribution in [0.25, 0.3) is 0 Å². The molecule has 0 amide bonds. The Morgan fingerprint density at radius 2 is 1.87 bits per heavy atom. The van der Waals surface area contributed by atoms with Gasteiger partial charge in [-0.25, -0.2) is 4.79 Å². The van der Waals surface area contributed by atoms with Gasteiger partial charge in [-0.05, 0) is 80.0 Å². The van der Waals surface area contributed by atoms with E-state index in [1.165, 1.54) is 56.9 Å². The van der Waals surface area contributed by atoms with Crippen molar-refractivity contribution in [2.45, 2.75) is 78.1 Å². The van der Waals surface area contributed by atoms with E-state index in [1.807, 2.05) is 0 Å². The van der Waals surface area contributed by atoms with Crippen LogP contribution in [0.5, 0.6) is 0 Å². The number of esters is 1. The maximum atomic E-state index is 12.5. The van der Waals surface area contributed by atoms with Gasteiger partial charge in [0, 0.05) is 5.57 Å². The monoisotopic (exact) mass is 316 g/mol. The number of methoxy groups -OCH3 is 1. The summed E-state index contributed by atoms with van der Waals surface area (Å²) < 4.78 is 5.20. The van der Waals surface area contributed by atoms with Crippen molar-refractivity contribution in [3.8, 4) is 0 Å². The minimum atomic E-state index is -0.0307. The molecule has 3 saturated carbocycles. The lowest BCUT2D eigenvalue weighted by Gasteiger charge is -2.57. The van der Waals surface area contributed by atoms with Gasteiger partial charge in [-0.1, -0.05) is 32.3 Å². The third-order valence-corrected chi connectivity index (χ3v) is 8.33. The summed E-state index contributed by atoms with van der Waals surface area (Å²) in [6, 6.07) is 0. The van der Waals surface area contributed by atoms with E-state index in [2.05, 4.69) is 13.8 Å². The molecular weight excluding hydrogens is 284 g/mol. The Kier molecular flexibility index (Phi) is 3.66. The average Bonchev–Trinajstić information content (AvgIpc) is 2.94. The van der Waals surface area contributed by atoms with E-state index in [0.717, 1.165) is 36.2 Å². The van der Waals surface area contributed by atoms with Gasteiger partial charge in [0.1, 0.15) is 0 Å². The molecule has 0 spiro atoms. The van der Waals surface area contributed by atoms with E-state index in [4.69, 9.17) is 4.74 Å². The van der Waals surface area contributed by atoms with E-state index >= 15 is 0 Å². The van der Waals surface area contributed by atoms with Crippen LogP contribution in [0.2, 0.25) is 0 Å². The summed E-state index contributed by atoms with van der Waals surface area (Å²) in [4.78, 5) is 12.5. The van der Waals surface area contributed by atoms with Crippen molar-refractivity contribution in [3.05, 3.63) is 11.1 Å². The van der Waals surface area contributed by atoms with Crippen LogP contribution in [-0.2, 0) is 9.53 Å². The zero-order valence-electron chi connectivity index (χ0n) is 15.1. The minimum absolute atomic E-state index is 0.0307. The Bertz CT molecular complexity index is 548. The van der Waals surface area contributed by atoms with Gasteiger partial charge in [0.25, 0.3) is 0 Å². The Balaban J connectivity index is 1.78. The van der Waals surface area contributed by atoms with Crippen molar-refractivity contribution in [2.24, 2.45) is 28.6 Å². The Morgan fingerprint density at radius 1 is 1.04 bits per heavy atom. The molecule has 0 bridgehead atoms. The number of hydrogen-bond donors (Lipinski definition) is 0. The quantitative estimate of drug-likeness (QED) is 0.616. The molecule has 0 N–H and O–H groups in total. The highest BCUT2D eigenvalue weighted by molar-refractivity contribution is 5.90. The minimum Gasteiger partial charge on any atom is -0.466 e. The summed E-state index contributed by atoms with van der Waals surface area (Å²) in [5.41, 5.74) is 3.38. The number of allylic oxidation sites excluding steroid dienone is 1. The van der Waals surface area contributed by atoms with E-state index in [-0.39, 0.29) is 11.4 Å². The van der Waals surface area contributed by atoms with Gasteiger partial charge in [0.15, 0.2) is 0 Å². The number of ether oxygens (including phenoxy) is 1. The zero-order chi connectivity index (χ0) is 16.2. The SMILES string of the molecule is COC(=O)C1=C2CCCC[C@]2(C)[C@H]2CC[C@]3(C)CCC[C@H]3[C@@H]2C1. The first kappa shape index (κ1) is 15.7. The van der Waals surface area contributed by atoms with Crippen molar-refractivity contribution in [1.29, 1.82) is 0 Å². The van der Waals surface area contributed by atoms with Gasteiger partial charge in [-0.3, -0.25) is 0 Å². The van der Waals surface area contributed by atoms with Crippen LogP contribution >= 0.6 is 0 Å². The van der Waals surface area contributed by atoms with Crippen LogP contribution in [0.15, 0.2) is 11.1 Å². The smallest absolute Gasteiger partial charge is 0.333 e. The van der Waals surface area contributed by atoms with E-state index < -0.39 is 0 Å². The molecule has 4 aliphatic carbocycles. The number of hydrogen-bond acceptors (Lipinski definition) is 2. The molecule has 0 aliphatic heterocycles. The highest BCUT2D eigenvalue weighted by Gasteiger charge is 2.57. The highest BCUT2D eigenvalue weighted by atomic mass is 16.5. The fourth-order valence-corrected chi connectivity index (χ4v) is 7.18. The molecular formula is C21H32O2. The third-order valence-electron chi connectivity index (χ3n) is 8.33. The van der Waals surface area contributed by atoms with Crippen molar-refractivity contribution in [3.63, 3.8) is 0 Å². The first-order chi connectivity index (χ1) is 11.0. The molecule has 4 aliphatic rings. The molecule has 4 rings (SSSR count). The predicted octanol–water partition coefficient (Wildman–Crippen LogP) is 5.27. The lowest BCUT2D eigenvalue weighted by Crippen LogP contribution is -2.49. The second-order valence-corrected chi connectivity index (χ2v) is 9.24.